The van der Waals surface area contributed by atoms with E-state index in [1.807, 2.05) is 0 Å². The van der Waals surface area contributed by atoms with Crippen molar-refractivity contribution in [2.24, 2.45) is 0 Å². The van der Waals surface area contributed by atoms with Crippen molar-refractivity contribution in [1.82, 2.24) is 10.3 Å². The molecule has 0 bridgehead atoms. The molecule has 0 aliphatic heterocycles. The van der Waals surface area contributed by atoms with Crippen LogP contribution in [0.25, 0.3) is 0 Å². The Bertz CT molecular complexity index is 876. The second-order valence-electron chi connectivity index (χ2n) is 5.87. The first-order valence-corrected chi connectivity index (χ1v) is 8.13. The van der Waals surface area contributed by atoms with Gasteiger partial charge in [0, 0.05) is 6.20 Å². The number of nitrogen functional groups attached to an aromatic ring is 1. The minimum atomic E-state index is -1.94. The Morgan fingerprint density at radius 2 is 2.07 bits per heavy atom. The van der Waals surface area contributed by atoms with Crippen LogP contribution in [-0.2, 0) is 22.4 Å². The third kappa shape index (κ3) is 5.53. The Hall–Kier alpha value is -3.44. The molecule has 0 aliphatic carbocycles. The summed E-state index contributed by atoms with van der Waals surface area (Å²) in [5.41, 5.74) is 6.07. The fourth-order valence-electron chi connectivity index (χ4n) is 2.62. The smallest absolute Gasteiger partial charge is 0.475 e. The van der Waals surface area contributed by atoms with Gasteiger partial charge in [0.05, 0.1) is 12.4 Å². The van der Waals surface area contributed by atoms with E-state index in [1.54, 1.807) is 6.07 Å². The van der Waals surface area contributed by atoms with E-state index in [9.17, 15) is 29.5 Å². The van der Waals surface area contributed by atoms with Crippen molar-refractivity contribution in [3.8, 4) is 5.75 Å². The molecule has 1 heterocycles. The Labute approximate surface area is 160 Å². The monoisotopic (exact) mass is 387 g/mol. The molecule has 146 valence electrons. The fraction of sp³-hybridized carbons (Fsp3) is 0.176. The zero-order valence-electron chi connectivity index (χ0n) is 14.6. The van der Waals surface area contributed by atoms with Gasteiger partial charge in [-0.05, 0) is 35.7 Å². The zero-order valence-corrected chi connectivity index (χ0v) is 14.6. The topological polar surface area (TPSA) is 172 Å². The van der Waals surface area contributed by atoms with Crippen LogP contribution in [0.15, 0.2) is 36.5 Å². The number of carboxylic acid groups (broad SMARTS) is 1. The van der Waals surface area contributed by atoms with Gasteiger partial charge in [-0.2, -0.15) is 0 Å². The van der Waals surface area contributed by atoms with Gasteiger partial charge in [-0.25, -0.2) is 9.78 Å². The van der Waals surface area contributed by atoms with Gasteiger partial charge in [-0.3, -0.25) is 9.59 Å². The summed E-state index contributed by atoms with van der Waals surface area (Å²) in [6, 6.07) is 7.21. The number of rotatable bonds is 9. The van der Waals surface area contributed by atoms with Gasteiger partial charge >= 0.3 is 13.1 Å². The van der Waals surface area contributed by atoms with Gasteiger partial charge < -0.3 is 30.9 Å². The number of hydrogen-bond donors (Lipinski definition) is 5. The number of benzene rings is 1. The number of hydrogen-bond acceptors (Lipinski definition) is 8. The zero-order chi connectivity index (χ0) is 20.7. The maximum Gasteiger partial charge on any atom is 0.475 e. The van der Waals surface area contributed by atoms with Crippen LogP contribution < -0.4 is 15.8 Å². The molecule has 2 aromatic rings. The molecule has 0 aliphatic rings. The summed E-state index contributed by atoms with van der Waals surface area (Å²) in [5, 5.41) is 30.9. The van der Waals surface area contributed by atoms with Crippen LogP contribution in [0.3, 0.4) is 0 Å². The first-order chi connectivity index (χ1) is 13.3. The van der Waals surface area contributed by atoms with Crippen LogP contribution in [0.4, 0.5) is 5.82 Å². The Morgan fingerprint density at radius 3 is 2.68 bits per heavy atom. The van der Waals surface area contributed by atoms with Crippen molar-refractivity contribution >= 4 is 31.3 Å². The number of nitrogens with zero attached hydrogens (tertiary/aromatic N) is 1. The number of para-hydroxylation sites is 1. The number of aromatic carboxylic acids is 1. The second kappa shape index (κ2) is 9.49. The minimum Gasteiger partial charge on any atom is -0.478 e. The van der Waals surface area contributed by atoms with E-state index in [0.29, 0.717) is 5.56 Å². The van der Waals surface area contributed by atoms with Gasteiger partial charge in [0.2, 0.25) is 5.91 Å². The number of carbonyl (C=O) groups excluding carboxylic acids is 2. The van der Waals surface area contributed by atoms with Gasteiger partial charge in [0.15, 0.2) is 0 Å². The van der Waals surface area contributed by atoms with Crippen LogP contribution >= 0.6 is 0 Å². The molecule has 0 saturated carbocycles. The molecule has 2 rings (SSSR count). The molecule has 11 heteroatoms. The molecular weight excluding hydrogens is 369 g/mol. The first-order valence-electron chi connectivity index (χ1n) is 8.13. The van der Waals surface area contributed by atoms with Gasteiger partial charge in [0.25, 0.3) is 6.47 Å². The lowest BCUT2D eigenvalue weighted by atomic mass is 9.75. The second-order valence-corrected chi connectivity index (χ2v) is 5.87. The van der Waals surface area contributed by atoms with Crippen LogP contribution in [0, 0.1) is 0 Å². The molecule has 10 nitrogen and oxygen atoms in total. The van der Waals surface area contributed by atoms with Crippen molar-refractivity contribution in [3.63, 3.8) is 0 Å². The number of nitrogens with two attached hydrogens (primary N) is 1. The summed E-state index contributed by atoms with van der Waals surface area (Å²) < 4.78 is 4.77. The molecule has 28 heavy (non-hydrogen) atoms. The molecule has 0 unspecified atom stereocenters. The average Bonchev–Trinajstić information content (AvgIpc) is 2.62. The van der Waals surface area contributed by atoms with E-state index in [0.717, 1.165) is 0 Å². The Morgan fingerprint density at radius 1 is 1.32 bits per heavy atom. The van der Waals surface area contributed by atoms with Crippen LogP contribution in [-0.4, -0.2) is 51.5 Å². The third-order valence-electron chi connectivity index (χ3n) is 3.85. The fourth-order valence-corrected chi connectivity index (χ4v) is 2.62. The lowest BCUT2D eigenvalue weighted by Crippen LogP contribution is -2.48. The summed E-state index contributed by atoms with van der Waals surface area (Å²) >= 11 is 0. The number of carboxylic acids is 1. The molecule has 0 spiro atoms. The highest BCUT2D eigenvalue weighted by molar-refractivity contribution is 6.43. The van der Waals surface area contributed by atoms with Crippen molar-refractivity contribution in [2.75, 3.05) is 5.73 Å². The number of nitrogens with one attached hydrogen (secondary N) is 1. The maximum absolute atomic E-state index is 12.2. The highest BCUT2D eigenvalue weighted by atomic mass is 16.5. The minimum absolute atomic E-state index is 0.0715. The van der Waals surface area contributed by atoms with Crippen LogP contribution in [0.5, 0.6) is 5.75 Å². The molecule has 0 saturated heterocycles. The van der Waals surface area contributed by atoms with E-state index >= 15 is 0 Å². The van der Waals surface area contributed by atoms with E-state index in [4.69, 9.17) is 10.5 Å². The average molecular weight is 387 g/mol. The number of anilines is 1. The van der Waals surface area contributed by atoms with Crippen molar-refractivity contribution in [2.45, 2.75) is 18.8 Å². The summed E-state index contributed by atoms with van der Waals surface area (Å²) in [7, 11) is -1.94. The van der Waals surface area contributed by atoms with Gasteiger partial charge in [-0.1, -0.05) is 12.1 Å². The van der Waals surface area contributed by atoms with Crippen molar-refractivity contribution in [3.05, 3.63) is 53.2 Å². The predicted molar refractivity (Wildman–Crippen MR) is 98.3 cm³/mol. The number of ether oxygens (including phenoxy) is 1. The lowest BCUT2D eigenvalue weighted by molar-refractivity contribution is -0.121. The standard InChI is InChI=1S/C17H18BN3O7/c19-14-6-10(4-5-20-14)7-15(23)21-13(18(26)27)8-11-2-1-3-12(17(24)25)16(11)28-9-22/h1-6,9,13,26-27H,7-8H2,(H2,19,20)(H,21,23)(H,24,25)/t13-/m0/s1. The Balaban J connectivity index is 2.19. The molecule has 1 atom stereocenters. The highest BCUT2D eigenvalue weighted by Crippen LogP contribution is 2.25. The number of aromatic nitrogens is 1. The predicted octanol–water partition coefficient (Wildman–Crippen LogP) is -0.821. The van der Waals surface area contributed by atoms with Crippen molar-refractivity contribution in [1.29, 1.82) is 0 Å². The summed E-state index contributed by atoms with van der Waals surface area (Å²) in [6.45, 7) is 0.0715. The normalized spacial score (nSPS) is 11.4. The van der Waals surface area contributed by atoms with Crippen molar-refractivity contribution < 1.29 is 34.3 Å². The molecule has 6 N–H and O–H groups in total. The SMILES string of the molecule is Nc1cc(CC(=O)N[C@@H](Cc2cccc(C(=O)O)c2OC=O)B(O)O)ccn1. The van der Waals surface area contributed by atoms with E-state index < -0.39 is 24.9 Å². The quantitative estimate of drug-likeness (QED) is 0.272. The van der Waals surface area contributed by atoms with E-state index in [-0.39, 0.29) is 42.0 Å². The molecular formula is C17H18BN3O7. The lowest BCUT2D eigenvalue weighted by Gasteiger charge is -2.19. The molecule has 0 radical (unpaired) electrons. The number of pyridine rings is 1. The van der Waals surface area contributed by atoms with Gasteiger partial charge in [-0.15, -0.1) is 0 Å². The van der Waals surface area contributed by atoms with Crippen LogP contribution in [0.1, 0.15) is 21.5 Å². The summed E-state index contributed by atoms with van der Waals surface area (Å²) in [6.07, 6.45) is 1.17. The number of carbonyl (C=O) groups is 3. The highest BCUT2D eigenvalue weighted by Gasteiger charge is 2.28. The molecule has 1 aromatic heterocycles. The number of amides is 1. The van der Waals surface area contributed by atoms with E-state index in [2.05, 4.69) is 10.3 Å². The summed E-state index contributed by atoms with van der Waals surface area (Å²) in [4.78, 5) is 38.1. The first kappa shape index (κ1) is 20.9. The molecule has 1 amide bonds. The molecule has 0 fully saturated rings. The van der Waals surface area contributed by atoms with E-state index in [1.165, 1.54) is 30.5 Å². The molecule has 1 aromatic carbocycles. The largest absolute Gasteiger partial charge is 0.478 e. The Kier molecular flexibility index (Phi) is 7.07. The summed E-state index contributed by atoms with van der Waals surface area (Å²) in [5.74, 6) is -3.00. The van der Waals surface area contributed by atoms with Crippen LogP contribution in [0.2, 0.25) is 0 Å². The van der Waals surface area contributed by atoms with Gasteiger partial charge in [0.1, 0.15) is 17.1 Å². The maximum atomic E-state index is 12.2. The third-order valence-corrected chi connectivity index (χ3v) is 3.85.